The number of ether oxygens (including phenoxy) is 1. The molecule has 8 heteroatoms. The van der Waals surface area contributed by atoms with Crippen molar-refractivity contribution >= 4 is 18.4 Å². The lowest BCUT2D eigenvalue weighted by Gasteiger charge is -1.89. The van der Waals surface area contributed by atoms with Crippen LogP contribution in [0.4, 0.5) is 0 Å². The number of carboxylic acids is 1. The number of aliphatic hydroxyl groups excluding tert-OH is 1. The van der Waals surface area contributed by atoms with Gasteiger partial charge in [-0.15, -0.1) is 0 Å². The Hall–Kier alpha value is -1.67. The summed E-state index contributed by atoms with van der Waals surface area (Å²) in [6.45, 7) is 7.93. The summed E-state index contributed by atoms with van der Waals surface area (Å²) in [5.74, 6) is -1.04. The summed E-state index contributed by atoms with van der Waals surface area (Å²) < 4.78 is 4.40. The van der Waals surface area contributed by atoms with Crippen molar-refractivity contribution < 1.29 is 39.9 Å². The molecule has 0 aromatic rings. The van der Waals surface area contributed by atoms with Gasteiger partial charge in [0, 0.05) is 20.0 Å². The molecule has 0 bridgehead atoms. The summed E-state index contributed by atoms with van der Waals surface area (Å²) in [6.07, 6.45) is -0.167. The van der Waals surface area contributed by atoms with Crippen molar-refractivity contribution in [1.82, 2.24) is 0 Å². The van der Waals surface area contributed by atoms with Gasteiger partial charge >= 0.3 is 5.97 Å². The number of rotatable bonds is 1. The van der Waals surface area contributed by atoms with E-state index in [1.54, 1.807) is 20.8 Å². The number of carbonyl (C=O) groups excluding carboxylic acids is 1. The zero-order valence-electron chi connectivity index (χ0n) is 11.3. The average molecular weight is 272 g/mol. The molecular formula is C10H24O8. The van der Waals surface area contributed by atoms with E-state index in [0.717, 1.165) is 6.92 Å². The minimum Gasteiger partial charge on any atom is -0.483 e. The Kier molecular flexibility index (Phi) is 49.0. The van der Waals surface area contributed by atoms with Crippen LogP contribution in [0.25, 0.3) is 0 Å². The molecule has 0 heterocycles. The van der Waals surface area contributed by atoms with Crippen molar-refractivity contribution in [1.29, 1.82) is 0 Å². The molecule has 0 amide bonds. The second kappa shape index (κ2) is 29.5. The van der Waals surface area contributed by atoms with Crippen molar-refractivity contribution in [2.45, 2.75) is 40.7 Å². The number of carbonyl (C=O) groups is 3. The van der Waals surface area contributed by atoms with E-state index in [4.69, 9.17) is 24.9 Å². The second-order valence-corrected chi connectivity index (χ2v) is 2.64. The first-order chi connectivity index (χ1) is 7.65. The van der Waals surface area contributed by atoms with Crippen molar-refractivity contribution in [3.8, 4) is 0 Å². The predicted molar refractivity (Wildman–Crippen MR) is 65.3 cm³/mol. The molecule has 0 aliphatic heterocycles. The van der Waals surface area contributed by atoms with Crippen LogP contribution in [0.5, 0.6) is 0 Å². The lowest BCUT2D eigenvalue weighted by atomic mass is 10.5. The zero-order valence-corrected chi connectivity index (χ0v) is 11.3. The third-order valence-electron chi connectivity index (χ3n) is 0.348. The number of hydrogen-bond donors (Lipinski definition) is 3. The molecule has 0 atom stereocenters. The van der Waals surface area contributed by atoms with Gasteiger partial charge in [0.15, 0.2) is 0 Å². The van der Waals surface area contributed by atoms with Gasteiger partial charge in [0.25, 0.3) is 12.4 Å². The Morgan fingerprint density at radius 3 is 1.44 bits per heavy atom. The molecule has 8 nitrogen and oxygen atoms in total. The van der Waals surface area contributed by atoms with E-state index in [-0.39, 0.29) is 24.0 Å². The van der Waals surface area contributed by atoms with Gasteiger partial charge in [-0.05, 0) is 20.8 Å². The molecular weight excluding hydrogens is 248 g/mol. The van der Waals surface area contributed by atoms with Crippen LogP contribution >= 0.6 is 0 Å². The number of hydrogen-bond acceptors (Lipinski definition) is 5. The van der Waals surface area contributed by atoms with Gasteiger partial charge in [0.1, 0.15) is 0 Å². The van der Waals surface area contributed by atoms with Gasteiger partial charge in [0.05, 0.1) is 6.61 Å². The number of aliphatic carboxylic acids is 1. The molecule has 0 spiro atoms. The van der Waals surface area contributed by atoms with Crippen LogP contribution in [-0.2, 0) is 19.1 Å². The molecule has 0 aliphatic carbocycles. The smallest absolute Gasteiger partial charge is 0.302 e. The Morgan fingerprint density at radius 1 is 1.28 bits per heavy atom. The van der Waals surface area contributed by atoms with E-state index >= 15 is 0 Å². The van der Waals surface area contributed by atoms with E-state index in [2.05, 4.69) is 4.74 Å². The topological polar surface area (TPSA) is 153 Å². The normalized spacial score (nSPS) is 6.61. The molecule has 112 valence electrons. The van der Waals surface area contributed by atoms with E-state index in [1.807, 2.05) is 0 Å². The van der Waals surface area contributed by atoms with Gasteiger partial charge in [-0.3, -0.25) is 14.4 Å². The van der Waals surface area contributed by atoms with E-state index in [1.165, 1.54) is 6.92 Å². The minimum absolute atomic E-state index is 0. The highest BCUT2D eigenvalue weighted by atomic mass is 16.5. The lowest BCUT2D eigenvalue weighted by molar-refractivity contribution is -0.140. The van der Waals surface area contributed by atoms with E-state index in [0.29, 0.717) is 6.61 Å². The highest BCUT2D eigenvalue weighted by Crippen LogP contribution is 1.69. The first kappa shape index (κ1) is 29.9. The van der Waals surface area contributed by atoms with Gasteiger partial charge in [-0.25, -0.2) is 0 Å². The van der Waals surface area contributed by atoms with E-state index < -0.39 is 5.97 Å². The summed E-state index contributed by atoms with van der Waals surface area (Å²) in [6, 6.07) is 0. The van der Waals surface area contributed by atoms with Crippen LogP contribution in [0, 0.1) is 0 Å². The third-order valence-corrected chi connectivity index (χ3v) is 0.348. The quantitative estimate of drug-likeness (QED) is 0.445. The fourth-order valence-electron chi connectivity index (χ4n) is 0.203. The van der Waals surface area contributed by atoms with Gasteiger partial charge in [-0.1, -0.05) is 0 Å². The van der Waals surface area contributed by atoms with Crippen molar-refractivity contribution in [3.63, 3.8) is 0 Å². The standard InChI is InChI=1S/C4H8O2.C3H8O.C2H4O2.CH2O2.H2O/c1-3-6-4(2)5;1-3(2)4;1-2(3)4;2-1-3;/h3H2,1-2H3;3-4H,1-2H3;1H3,(H,3,4);1H,(H,2,3);1H2. The van der Waals surface area contributed by atoms with Crippen LogP contribution in [0.2, 0.25) is 0 Å². The summed E-state index contributed by atoms with van der Waals surface area (Å²) in [4.78, 5) is 27.2. The molecule has 0 aliphatic rings. The molecule has 0 radical (unpaired) electrons. The number of aliphatic hydroxyl groups is 1. The lowest BCUT2D eigenvalue weighted by Crippen LogP contribution is -1.95. The Morgan fingerprint density at radius 2 is 1.44 bits per heavy atom. The maximum Gasteiger partial charge on any atom is 0.302 e. The fraction of sp³-hybridized carbons (Fsp3) is 0.700. The first-order valence-corrected chi connectivity index (χ1v) is 4.74. The second-order valence-electron chi connectivity index (χ2n) is 2.64. The molecule has 5 N–H and O–H groups in total. The molecule has 0 fully saturated rings. The molecule has 0 aromatic heterocycles. The molecule has 0 saturated heterocycles. The minimum atomic E-state index is -0.833. The SMILES string of the molecule is CC(=O)O.CC(C)O.CCOC(C)=O.O.O=CO. The first-order valence-electron chi connectivity index (χ1n) is 4.74. The van der Waals surface area contributed by atoms with Crippen LogP contribution in [-0.4, -0.2) is 51.9 Å². The van der Waals surface area contributed by atoms with Crippen LogP contribution in [0.3, 0.4) is 0 Å². The monoisotopic (exact) mass is 272 g/mol. The van der Waals surface area contributed by atoms with Gasteiger partial charge in [0.2, 0.25) is 0 Å². The van der Waals surface area contributed by atoms with Gasteiger partial charge < -0.3 is 25.5 Å². The van der Waals surface area contributed by atoms with Crippen molar-refractivity contribution in [2.75, 3.05) is 6.61 Å². The maximum atomic E-state index is 9.82. The molecule has 0 rings (SSSR count). The maximum absolute atomic E-state index is 9.82. The average Bonchev–Trinajstić information content (AvgIpc) is 2.01. The summed E-state index contributed by atoms with van der Waals surface area (Å²) >= 11 is 0. The largest absolute Gasteiger partial charge is 0.483 e. The third kappa shape index (κ3) is 1440. The highest BCUT2D eigenvalue weighted by Gasteiger charge is 1.81. The van der Waals surface area contributed by atoms with Gasteiger partial charge in [-0.2, -0.15) is 0 Å². The highest BCUT2D eigenvalue weighted by molar-refractivity contribution is 5.65. The van der Waals surface area contributed by atoms with Crippen LogP contribution < -0.4 is 0 Å². The summed E-state index contributed by atoms with van der Waals surface area (Å²) in [5, 5.41) is 22.4. The number of esters is 1. The summed E-state index contributed by atoms with van der Waals surface area (Å²) in [7, 11) is 0. The van der Waals surface area contributed by atoms with Crippen molar-refractivity contribution in [3.05, 3.63) is 0 Å². The summed E-state index contributed by atoms with van der Waals surface area (Å²) in [5.41, 5.74) is 0. The predicted octanol–water partition coefficient (Wildman–Crippen LogP) is -0.0765. The molecule has 0 aromatic carbocycles. The number of carboxylic acid groups (broad SMARTS) is 2. The Labute approximate surface area is 107 Å². The van der Waals surface area contributed by atoms with Crippen LogP contribution in [0.15, 0.2) is 0 Å². The molecule has 0 saturated carbocycles. The zero-order chi connectivity index (χ0) is 14.9. The molecule has 18 heavy (non-hydrogen) atoms. The Balaban J connectivity index is -0.0000000424. The van der Waals surface area contributed by atoms with E-state index in [9.17, 15) is 4.79 Å². The van der Waals surface area contributed by atoms with Crippen LogP contribution in [0.1, 0.15) is 34.6 Å². The fourth-order valence-corrected chi connectivity index (χ4v) is 0.203. The molecule has 0 unspecified atom stereocenters. The Bertz CT molecular complexity index is 172. The van der Waals surface area contributed by atoms with Crippen molar-refractivity contribution in [2.24, 2.45) is 0 Å².